The van der Waals surface area contributed by atoms with Crippen molar-refractivity contribution in [3.8, 4) is 0 Å². The Kier molecular flexibility index (Phi) is 160. The maximum atomic E-state index is 8.82. The summed E-state index contributed by atoms with van der Waals surface area (Å²) < 4.78 is 0. The second kappa shape index (κ2) is 76.8. The number of nitrogens with zero attached hydrogens (tertiary/aromatic N) is 1. The van der Waals surface area contributed by atoms with Crippen LogP contribution in [0.3, 0.4) is 0 Å². The van der Waals surface area contributed by atoms with Crippen LogP contribution in [0.25, 0.3) is 0 Å². The van der Waals surface area contributed by atoms with E-state index in [1.54, 1.807) is 20.8 Å². The Hall–Kier alpha value is -0.156. The molecule has 0 heterocycles. The molecule has 0 fully saturated rings. The monoisotopic (exact) mass is 242 g/mol. The van der Waals surface area contributed by atoms with Crippen molar-refractivity contribution >= 4 is 6.08 Å². The van der Waals surface area contributed by atoms with Gasteiger partial charge in [-0.25, -0.2) is 0 Å². The zero-order valence-electron chi connectivity index (χ0n) is 9.03. The van der Waals surface area contributed by atoms with Crippen molar-refractivity contribution in [3.63, 3.8) is 0 Å². The van der Waals surface area contributed by atoms with Crippen LogP contribution in [0.2, 0.25) is 0 Å². The van der Waals surface area contributed by atoms with E-state index in [4.69, 9.17) is 20.1 Å². The van der Waals surface area contributed by atoms with E-state index in [0.717, 1.165) is 0 Å². The molecule has 0 aromatic heterocycles. The average Bonchev–Trinajstić information content (AvgIpc) is 2.08. The molecule has 0 saturated carbocycles. The molecule has 6 heteroatoms. The largest absolute Gasteiger partial charge is 0.397 e. The summed E-state index contributed by atoms with van der Waals surface area (Å²) in [6.07, 6.45) is 1.19. The molecule has 0 atom stereocenters. The first-order valence-electron chi connectivity index (χ1n) is 3.81. The number of isocyanates is 1. The fourth-order valence-corrected chi connectivity index (χ4v) is 0. The summed E-state index contributed by atoms with van der Waals surface area (Å²) >= 11 is 0. The van der Waals surface area contributed by atoms with E-state index in [1.807, 2.05) is 0 Å². The number of hydrogen-bond donors (Lipinski definition) is 3. The van der Waals surface area contributed by atoms with Crippen LogP contribution >= 0.6 is 0 Å². The molecule has 0 spiro atoms. The van der Waals surface area contributed by atoms with Crippen LogP contribution in [0.5, 0.6) is 0 Å². The molecule has 0 aliphatic rings. The quantitative estimate of drug-likeness (QED) is 0.243. The fourth-order valence-electron chi connectivity index (χ4n) is 0. The summed E-state index contributed by atoms with van der Waals surface area (Å²) in [7, 11) is 2.81. The van der Waals surface area contributed by atoms with Gasteiger partial charge in [-0.1, -0.05) is 0 Å². The van der Waals surface area contributed by atoms with Crippen molar-refractivity contribution in [2.75, 3.05) is 19.8 Å². The second-order valence-corrected chi connectivity index (χ2v) is 1.20. The maximum Gasteiger partial charge on any atom is 0.0402 e. The molecule has 14 heavy (non-hydrogen) atoms. The van der Waals surface area contributed by atoms with Crippen LogP contribution in [0.15, 0.2) is 4.99 Å². The van der Waals surface area contributed by atoms with E-state index in [2.05, 4.69) is 12.0 Å². The molecule has 0 aromatic carbocycles. The Labute approximate surface area is 101 Å². The van der Waals surface area contributed by atoms with Gasteiger partial charge in [-0.3, -0.25) is 0 Å². The van der Waals surface area contributed by atoms with E-state index in [-0.39, 0.29) is 41.5 Å². The number of rotatable bonds is 0. The average molecular weight is 242 g/mol. The second-order valence-electron chi connectivity index (χ2n) is 1.20. The summed E-state index contributed by atoms with van der Waals surface area (Å²) in [4.78, 5) is 11.5. The molecule has 5 nitrogen and oxygen atoms in total. The van der Waals surface area contributed by atoms with Crippen molar-refractivity contribution < 1.29 is 41.8 Å². The number of aliphatic hydroxyl groups excluding tert-OH is 3. The molecule has 0 aliphatic heterocycles. The Morgan fingerprint density at radius 2 is 1.14 bits per heavy atom. The van der Waals surface area contributed by atoms with Gasteiger partial charge in [0.15, 0.2) is 0 Å². The minimum absolute atomic E-state index is 0. The third-order valence-electron chi connectivity index (χ3n) is 0.0645. The molecule has 0 rings (SSSR count). The van der Waals surface area contributed by atoms with E-state index in [1.165, 1.54) is 6.08 Å². The van der Waals surface area contributed by atoms with Crippen LogP contribution in [-0.4, -0.2) is 41.2 Å². The molecule has 0 amide bonds. The van der Waals surface area contributed by atoms with Crippen LogP contribution < -0.4 is 0 Å². The fraction of sp³-hybridized carbons (Fsp3) is 0.750. The topological polar surface area (TPSA) is 90.1 Å². The normalized spacial score (nSPS) is 5.00. The van der Waals surface area contributed by atoms with Crippen LogP contribution in [0, 0.1) is 7.05 Å². The van der Waals surface area contributed by atoms with Crippen molar-refractivity contribution in [1.29, 1.82) is 0 Å². The van der Waals surface area contributed by atoms with E-state index in [0.29, 0.717) is 0 Å². The molecule has 0 saturated heterocycles. The summed E-state index contributed by atoms with van der Waals surface area (Å²) in [6, 6.07) is 0. The minimum Gasteiger partial charge on any atom is -0.397 e. The third kappa shape index (κ3) is 1950. The first-order chi connectivity index (χ1) is 6.16. The predicted octanol–water partition coefficient (Wildman–Crippen LogP) is 0.107. The molecular weight excluding hydrogens is 222 g/mol. The molecule has 0 aromatic rings. The van der Waals surface area contributed by atoms with Crippen LogP contribution in [-0.2, 0) is 26.5 Å². The number of aliphatic imine (C=N–C) groups is 1. The van der Waals surface area contributed by atoms with Crippen molar-refractivity contribution in [3.05, 3.63) is 7.05 Å². The zero-order chi connectivity index (χ0) is 11.5. The minimum atomic E-state index is 0. The Morgan fingerprint density at radius 1 is 1.07 bits per heavy atom. The molecule has 0 radical (unpaired) electrons. The van der Waals surface area contributed by atoms with Gasteiger partial charge in [0.05, 0.1) is 0 Å². The number of hydrogen-bond acceptors (Lipinski definition) is 5. The van der Waals surface area contributed by atoms with Gasteiger partial charge in [-0.05, 0) is 26.9 Å². The molecule has 0 aliphatic carbocycles. The van der Waals surface area contributed by atoms with Gasteiger partial charge in [0.2, 0.25) is 0 Å². The van der Waals surface area contributed by atoms with Crippen LogP contribution in [0.4, 0.5) is 0 Å². The zero-order valence-corrected chi connectivity index (χ0v) is 10.6. The summed E-state index contributed by atoms with van der Waals surface area (Å²) in [5.74, 6) is 0. The maximum absolute atomic E-state index is 8.82. The number of aliphatic hydroxyl groups is 3. The molecule has 3 N–H and O–H groups in total. The van der Waals surface area contributed by atoms with Gasteiger partial charge in [0.25, 0.3) is 0 Å². The van der Waals surface area contributed by atoms with Gasteiger partial charge in [-0.2, -0.15) is 7.05 Å². The standard InChI is InChI=1S/C2H2NO.3C2H6O.Ti/c1-3-2-4;3*1-2-3;/h1H2;3*3H,2H2,1H3;/q-1;;;;. The molecule has 86 valence electrons. The molecular formula is C8H20NO4Ti-. The van der Waals surface area contributed by atoms with Crippen molar-refractivity contribution in [1.82, 2.24) is 0 Å². The van der Waals surface area contributed by atoms with E-state index in [9.17, 15) is 0 Å². The van der Waals surface area contributed by atoms with Gasteiger partial charge in [0.1, 0.15) is 0 Å². The third-order valence-corrected chi connectivity index (χ3v) is 0.0645. The smallest absolute Gasteiger partial charge is 0.0402 e. The molecule has 0 bridgehead atoms. The van der Waals surface area contributed by atoms with Crippen LogP contribution in [0.1, 0.15) is 20.8 Å². The summed E-state index contributed by atoms with van der Waals surface area (Å²) in [5.41, 5.74) is 0. The predicted molar refractivity (Wildman–Crippen MR) is 51.8 cm³/mol. The Balaban J connectivity index is -0.0000000254. The first-order valence-corrected chi connectivity index (χ1v) is 3.81. The van der Waals surface area contributed by atoms with Gasteiger partial charge < -0.3 is 25.1 Å². The first kappa shape index (κ1) is 29.2. The number of carbonyl (C=O) groups excluding carboxylic acids is 1. The van der Waals surface area contributed by atoms with Gasteiger partial charge >= 0.3 is 0 Å². The van der Waals surface area contributed by atoms with E-state index >= 15 is 0 Å². The SMILES string of the molecule is CCO.CCO.CCO.[CH2-]N=C=O.[Ti]. The summed E-state index contributed by atoms with van der Waals surface area (Å²) in [6.45, 7) is 5.79. The van der Waals surface area contributed by atoms with Gasteiger partial charge in [-0.15, -0.1) is 0 Å². The van der Waals surface area contributed by atoms with Gasteiger partial charge in [0, 0.05) is 41.5 Å². The summed E-state index contributed by atoms with van der Waals surface area (Å²) in [5, 5.41) is 22.7. The Bertz CT molecular complexity index is 82.7. The van der Waals surface area contributed by atoms with Crippen molar-refractivity contribution in [2.45, 2.75) is 20.8 Å². The van der Waals surface area contributed by atoms with E-state index < -0.39 is 0 Å². The Morgan fingerprint density at radius 3 is 1.14 bits per heavy atom. The van der Waals surface area contributed by atoms with Crippen molar-refractivity contribution in [2.24, 2.45) is 4.99 Å². The molecule has 0 unspecified atom stereocenters.